The van der Waals surface area contributed by atoms with Gasteiger partial charge in [-0.05, 0) is 31.4 Å². The van der Waals surface area contributed by atoms with E-state index in [1.165, 1.54) is 0 Å². The monoisotopic (exact) mass is 221 g/mol. The van der Waals surface area contributed by atoms with Gasteiger partial charge in [-0.15, -0.1) is 0 Å². The van der Waals surface area contributed by atoms with Crippen LogP contribution >= 0.6 is 0 Å². The van der Waals surface area contributed by atoms with Crippen LogP contribution in [0.15, 0.2) is 18.3 Å². The van der Waals surface area contributed by atoms with Crippen LogP contribution in [0.25, 0.3) is 0 Å². The fourth-order valence-electron chi connectivity index (χ4n) is 2.10. The molecule has 0 amide bonds. The van der Waals surface area contributed by atoms with Crippen molar-refractivity contribution in [2.75, 3.05) is 25.1 Å². The smallest absolute Gasteiger partial charge is 0.137 e. The van der Waals surface area contributed by atoms with Crippen molar-refractivity contribution >= 4 is 5.82 Å². The summed E-state index contributed by atoms with van der Waals surface area (Å²) in [5.41, 5.74) is 5.92. The number of pyridine rings is 1. The van der Waals surface area contributed by atoms with Crippen molar-refractivity contribution in [3.8, 4) is 5.75 Å². The lowest BCUT2D eigenvalue weighted by molar-refractivity contribution is 0.413. The number of aromatic nitrogens is 1. The van der Waals surface area contributed by atoms with Gasteiger partial charge in [0.05, 0.1) is 13.3 Å². The molecule has 1 aliphatic heterocycles. The van der Waals surface area contributed by atoms with E-state index < -0.39 is 0 Å². The molecule has 1 fully saturated rings. The van der Waals surface area contributed by atoms with Gasteiger partial charge in [0.2, 0.25) is 0 Å². The molecule has 0 aliphatic carbocycles. The quantitative estimate of drug-likeness (QED) is 0.835. The molecule has 1 aliphatic rings. The zero-order valence-corrected chi connectivity index (χ0v) is 9.89. The Bertz CT molecular complexity index is 337. The number of nitrogens with zero attached hydrogens (tertiary/aromatic N) is 2. The van der Waals surface area contributed by atoms with Crippen LogP contribution in [0.2, 0.25) is 0 Å². The Labute approximate surface area is 96.4 Å². The number of anilines is 1. The molecule has 2 atom stereocenters. The van der Waals surface area contributed by atoms with Gasteiger partial charge in [0.1, 0.15) is 11.6 Å². The van der Waals surface area contributed by atoms with Crippen LogP contribution in [-0.2, 0) is 0 Å². The predicted octanol–water partition coefficient (Wildman–Crippen LogP) is 1.26. The standard InChI is InChI=1S/C12H19N3O/c1-9(13)10-5-6-15(8-10)12-4-3-11(16-2)7-14-12/h3-4,7,9-10H,5-6,8,13H2,1-2H3. The first-order valence-electron chi connectivity index (χ1n) is 5.71. The Hall–Kier alpha value is -1.29. The molecule has 0 bridgehead atoms. The zero-order chi connectivity index (χ0) is 11.5. The lowest BCUT2D eigenvalue weighted by Gasteiger charge is -2.18. The van der Waals surface area contributed by atoms with Gasteiger partial charge in [-0.2, -0.15) is 0 Å². The highest BCUT2D eigenvalue weighted by atomic mass is 16.5. The predicted molar refractivity (Wildman–Crippen MR) is 64.8 cm³/mol. The molecule has 1 aromatic heterocycles. The second kappa shape index (κ2) is 4.70. The normalized spacial score (nSPS) is 22.2. The first-order chi connectivity index (χ1) is 7.70. The van der Waals surface area contributed by atoms with Crippen LogP contribution in [-0.4, -0.2) is 31.2 Å². The Kier molecular flexibility index (Phi) is 3.29. The number of nitrogens with two attached hydrogens (primary N) is 1. The van der Waals surface area contributed by atoms with E-state index in [1.807, 2.05) is 12.1 Å². The third-order valence-corrected chi connectivity index (χ3v) is 3.25. The molecule has 1 aromatic rings. The minimum absolute atomic E-state index is 0.267. The van der Waals surface area contributed by atoms with Gasteiger partial charge in [-0.3, -0.25) is 0 Å². The van der Waals surface area contributed by atoms with Crippen LogP contribution in [0.1, 0.15) is 13.3 Å². The van der Waals surface area contributed by atoms with Crippen molar-refractivity contribution in [1.29, 1.82) is 0 Å². The van der Waals surface area contributed by atoms with E-state index in [2.05, 4.69) is 16.8 Å². The minimum atomic E-state index is 0.267. The number of ether oxygens (including phenoxy) is 1. The van der Waals surface area contributed by atoms with E-state index in [0.29, 0.717) is 5.92 Å². The molecule has 2 unspecified atom stereocenters. The molecule has 0 saturated carbocycles. The first-order valence-corrected chi connectivity index (χ1v) is 5.71. The summed E-state index contributed by atoms with van der Waals surface area (Å²) >= 11 is 0. The Morgan fingerprint density at radius 1 is 1.56 bits per heavy atom. The maximum Gasteiger partial charge on any atom is 0.137 e. The number of hydrogen-bond donors (Lipinski definition) is 1. The third-order valence-electron chi connectivity index (χ3n) is 3.25. The Morgan fingerprint density at radius 2 is 2.38 bits per heavy atom. The molecule has 2 rings (SSSR count). The summed E-state index contributed by atoms with van der Waals surface area (Å²) in [5, 5.41) is 0. The molecule has 4 heteroatoms. The van der Waals surface area contributed by atoms with E-state index in [1.54, 1.807) is 13.3 Å². The maximum absolute atomic E-state index is 5.92. The van der Waals surface area contributed by atoms with Crippen LogP contribution in [0.4, 0.5) is 5.82 Å². The third kappa shape index (κ3) is 2.27. The summed E-state index contributed by atoms with van der Waals surface area (Å²) < 4.78 is 5.09. The second-order valence-electron chi connectivity index (χ2n) is 4.41. The Morgan fingerprint density at radius 3 is 2.88 bits per heavy atom. The van der Waals surface area contributed by atoms with Gasteiger partial charge >= 0.3 is 0 Å². The van der Waals surface area contributed by atoms with E-state index in [4.69, 9.17) is 10.5 Å². The zero-order valence-electron chi connectivity index (χ0n) is 9.89. The average Bonchev–Trinajstić information content (AvgIpc) is 2.78. The van der Waals surface area contributed by atoms with Gasteiger partial charge in [-0.1, -0.05) is 0 Å². The number of hydrogen-bond acceptors (Lipinski definition) is 4. The van der Waals surface area contributed by atoms with E-state index in [-0.39, 0.29) is 6.04 Å². The summed E-state index contributed by atoms with van der Waals surface area (Å²) in [6.45, 7) is 4.14. The van der Waals surface area contributed by atoms with E-state index in [0.717, 1.165) is 31.1 Å². The highest BCUT2D eigenvalue weighted by Crippen LogP contribution is 2.24. The molecule has 16 heavy (non-hydrogen) atoms. The van der Waals surface area contributed by atoms with Crippen LogP contribution in [0, 0.1) is 5.92 Å². The fraction of sp³-hybridized carbons (Fsp3) is 0.583. The lowest BCUT2D eigenvalue weighted by atomic mass is 10.0. The molecule has 0 spiro atoms. The molecule has 2 heterocycles. The molecule has 2 N–H and O–H groups in total. The molecule has 0 radical (unpaired) electrons. The van der Waals surface area contributed by atoms with Crippen molar-refractivity contribution in [3.63, 3.8) is 0 Å². The van der Waals surface area contributed by atoms with E-state index in [9.17, 15) is 0 Å². The van der Waals surface area contributed by atoms with E-state index >= 15 is 0 Å². The summed E-state index contributed by atoms with van der Waals surface area (Å²) in [6.07, 6.45) is 2.92. The highest BCUT2D eigenvalue weighted by Gasteiger charge is 2.25. The van der Waals surface area contributed by atoms with Gasteiger partial charge in [0, 0.05) is 19.1 Å². The maximum atomic E-state index is 5.92. The summed E-state index contributed by atoms with van der Waals surface area (Å²) in [6, 6.07) is 4.22. The highest BCUT2D eigenvalue weighted by molar-refractivity contribution is 5.42. The number of rotatable bonds is 3. The second-order valence-corrected chi connectivity index (χ2v) is 4.41. The molecule has 0 aromatic carbocycles. The van der Waals surface area contributed by atoms with Crippen LogP contribution in [0.5, 0.6) is 5.75 Å². The molecule has 88 valence electrons. The van der Waals surface area contributed by atoms with Crippen molar-refractivity contribution < 1.29 is 4.74 Å². The largest absolute Gasteiger partial charge is 0.495 e. The van der Waals surface area contributed by atoms with Gasteiger partial charge < -0.3 is 15.4 Å². The topological polar surface area (TPSA) is 51.4 Å². The van der Waals surface area contributed by atoms with Crippen molar-refractivity contribution in [1.82, 2.24) is 4.98 Å². The van der Waals surface area contributed by atoms with Crippen molar-refractivity contribution in [3.05, 3.63) is 18.3 Å². The summed E-state index contributed by atoms with van der Waals surface area (Å²) in [4.78, 5) is 6.67. The Balaban J connectivity index is 2.03. The van der Waals surface area contributed by atoms with Gasteiger partial charge in [-0.25, -0.2) is 4.98 Å². The number of methoxy groups -OCH3 is 1. The summed E-state index contributed by atoms with van der Waals surface area (Å²) in [7, 11) is 1.65. The molecular formula is C12H19N3O. The van der Waals surface area contributed by atoms with Gasteiger partial charge in [0.25, 0.3) is 0 Å². The minimum Gasteiger partial charge on any atom is -0.495 e. The van der Waals surface area contributed by atoms with Crippen LogP contribution in [0.3, 0.4) is 0 Å². The summed E-state index contributed by atoms with van der Waals surface area (Å²) in [5.74, 6) is 2.40. The van der Waals surface area contributed by atoms with Crippen molar-refractivity contribution in [2.24, 2.45) is 11.7 Å². The SMILES string of the molecule is COc1ccc(N2CCC(C(C)N)C2)nc1. The first kappa shape index (κ1) is 11.2. The average molecular weight is 221 g/mol. The molecule has 1 saturated heterocycles. The molecule has 4 nitrogen and oxygen atoms in total. The van der Waals surface area contributed by atoms with Gasteiger partial charge in [0.15, 0.2) is 0 Å². The van der Waals surface area contributed by atoms with Crippen molar-refractivity contribution in [2.45, 2.75) is 19.4 Å². The van der Waals surface area contributed by atoms with Crippen LogP contribution < -0.4 is 15.4 Å². The lowest BCUT2D eigenvalue weighted by Crippen LogP contribution is -2.29. The fourth-order valence-corrected chi connectivity index (χ4v) is 2.10. The molecular weight excluding hydrogens is 202 g/mol.